The molecule has 11 aliphatic rings. The molecule has 19 N–H and O–H groups in total. The SMILES string of the molecule is C[C@@H]1O[C@@H](O[C@H]2[C@H](O[C@H]3CC[C@@]4(C)[C@@H](CC[C@]5(C)[C@@H]4CC=C4[C@@H]6CC(C)(C)CC[C@]6(C(=O)O[C@@H]6O[C@H](CO[C@@H]7O[C@H](CO)[C@@H](O)[C@H](O)[C@H]7O)[C@@H](O)[C@H](O)[C@H]6O)CC[C@]45C)[C@]3(C)CO)OC[C@H](O[C@H]3O[C@H](CO)[C@@H](O)[C@H](O)[C@H]3O)[C@@H]2O[C@H]2O[C@H](CO)[C@@H](O)[C@H](O)[C@H]2O)[C@H](O)[C@H](O)[C@H]1O. The van der Waals surface area contributed by atoms with E-state index in [0.29, 0.717) is 64.2 Å². The van der Waals surface area contributed by atoms with Gasteiger partial charge >= 0.3 is 5.97 Å². The Morgan fingerprint density at radius 1 is 0.495 bits per heavy atom. The number of ether oxygens (including phenoxy) is 12. The number of esters is 1. The molecule has 0 radical (unpaired) electrons. The number of carbonyl (C=O) groups is 1. The molecule has 0 amide bonds. The first kappa shape index (κ1) is 76.1. The smallest absolute Gasteiger partial charge is 0.315 e. The second-order valence-electron chi connectivity index (χ2n) is 31.3. The molecule has 38 atom stereocenters. The second-order valence-corrected chi connectivity index (χ2v) is 31.3. The van der Waals surface area contributed by atoms with Crippen molar-refractivity contribution >= 4 is 5.97 Å². The van der Waals surface area contributed by atoms with Crippen LogP contribution in [0.3, 0.4) is 0 Å². The normalized spacial score (nSPS) is 54.7. The molecule has 97 heavy (non-hydrogen) atoms. The van der Waals surface area contributed by atoms with E-state index < -0.39 is 257 Å². The van der Waals surface area contributed by atoms with E-state index in [1.54, 1.807) is 0 Å². The van der Waals surface area contributed by atoms with Gasteiger partial charge in [-0.3, -0.25) is 4.79 Å². The van der Waals surface area contributed by atoms with Crippen LogP contribution in [0, 0.1) is 50.2 Å². The summed E-state index contributed by atoms with van der Waals surface area (Å²) in [7, 11) is 0. The molecule has 6 aliphatic heterocycles. The molecule has 4 saturated carbocycles. The molecular formula is C65H106O32. The average Bonchev–Trinajstić information content (AvgIpc) is 0.676. The van der Waals surface area contributed by atoms with E-state index in [1.165, 1.54) is 6.92 Å². The molecular weight excluding hydrogens is 1290 g/mol. The Labute approximate surface area is 561 Å². The van der Waals surface area contributed by atoms with Crippen LogP contribution in [0.1, 0.15) is 113 Å². The van der Waals surface area contributed by atoms with Crippen LogP contribution < -0.4 is 0 Å². The highest BCUT2D eigenvalue weighted by molar-refractivity contribution is 5.79. The zero-order chi connectivity index (χ0) is 70.7. The molecule has 10 fully saturated rings. The van der Waals surface area contributed by atoms with Crippen molar-refractivity contribution in [3.63, 3.8) is 0 Å². The largest absolute Gasteiger partial charge is 0.432 e. The minimum absolute atomic E-state index is 0.0106. The van der Waals surface area contributed by atoms with Crippen LogP contribution in [0.4, 0.5) is 0 Å². The second kappa shape index (κ2) is 28.8. The van der Waals surface area contributed by atoms with Crippen molar-refractivity contribution in [1.29, 1.82) is 0 Å². The van der Waals surface area contributed by atoms with Crippen molar-refractivity contribution in [2.75, 3.05) is 39.6 Å². The molecule has 5 aliphatic carbocycles. The first-order valence-electron chi connectivity index (χ1n) is 34.3. The number of aliphatic hydroxyl groups excluding tert-OH is 19. The maximum Gasteiger partial charge on any atom is 0.315 e. The maximum atomic E-state index is 15.3. The Kier molecular flexibility index (Phi) is 22.6. The standard InChI is InChI=1S/C65H106O32/c1-25-36(70)41(75)47(81)54(88-25)96-52-51(95-56-49(83)44(78)39(73)30(21-68)91-56)32(93-55-48(82)43(77)38(72)29(20-67)90-55)23-87-58(52)94-35-11-12-61(4)33(62(35,5)24-69)10-13-64(7)34(61)9-8-26-27-18-60(2,3)14-16-65(27,17-15-63(26,64)6)59(85)97-57-50(84)45(79)40(74)31(92-57)22-86-53-46(80)42(76)37(71)28(19-66)89-53/h8,25,27-58,66-84H,9-24H2,1-7H3/t25-,27-,28+,29+,30+,31+,32-,33+,34+,35-,36-,37+,38+,39+,40+,41+,42-,43-,44-,45-,46+,47+,48+,49+,50+,51-,52+,53+,54-,55+,56+,57-,58-,61-,62-,63+,64+,65-/m0/s1. The summed E-state index contributed by atoms with van der Waals surface area (Å²) in [4.78, 5) is 15.3. The van der Waals surface area contributed by atoms with Crippen LogP contribution >= 0.6 is 0 Å². The molecule has 0 aromatic rings. The highest BCUT2D eigenvalue weighted by atomic mass is 16.8. The fourth-order valence-corrected chi connectivity index (χ4v) is 19.0. The number of rotatable bonds is 17. The van der Waals surface area contributed by atoms with Gasteiger partial charge in [-0.15, -0.1) is 0 Å². The van der Waals surface area contributed by atoms with Crippen molar-refractivity contribution in [2.24, 2.45) is 50.2 Å². The molecule has 6 heterocycles. The first-order valence-corrected chi connectivity index (χ1v) is 34.3. The predicted octanol–water partition coefficient (Wildman–Crippen LogP) is -5.75. The molecule has 11 rings (SSSR count). The minimum atomic E-state index is -2.03. The fourth-order valence-electron chi connectivity index (χ4n) is 19.0. The maximum absolute atomic E-state index is 15.3. The van der Waals surface area contributed by atoms with Crippen LogP contribution in [-0.4, -0.2) is 327 Å². The molecule has 6 saturated heterocycles. The lowest BCUT2D eigenvalue weighted by molar-refractivity contribution is -0.403. The zero-order valence-corrected chi connectivity index (χ0v) is 55.7. The number of allylic oxidation sites excluding steroid dienone is 2. The molecule has 0 spiro atoms. The van der Waals surface area contributed by atoms with Crippen LogP contribution in [0.25, 0.3) is 0 Å². The molecule has 0 bridgehead atoms. The van der Waals surface area contributed by atoms with Crippen LogP contribution in [0.15, 0.2) is 11.6 Å². The van der Waals surface area contributed by atoms with Gasteiger partial charge < -0.3 is 154 Å². The first-order chi connectivity index (χ1) is 45.6. The third-order valence-corrected chi connectivity index (χ3v) is 25.4. The molecule has 0 aromatic heterocycles. The third kappa shape index (κ3) is 13.2. The van der Waals surface area contributed by atoms with Crippen molar-refractivity contribution in [3.8, 4) is 0 Å². The van der Waals surface area contributed by atoms with Gasteiger partial charge in [0, 0.05) is 5.41 Å². The van der Waals surface area contributed by atoms with Gasteiger partial charge in [-0.1, -0.05) is 53.2 Å². The van der Waals surface area contributed by atoms with E-state index in [4.69, 9.17) is 56.8 Å². The Morgan fingerprint density at radius 2 is 0.990 bits per heavy atom. The highest BCUT2D eigenvalue weighted by Gasteiger charge is 2.71. The van der Waals surface area contributed by atoms with Crippen molar-refractivity contribution in [2.45, 2.75) is 297 Å². The summed E-state index contributed by atoms with van der Waals surface area (Å²) < 4.78 is 73.6. The van der Waals surface area contributed by atoms with Crippen LogP contribution in [0.2, 0.25) is 0 Å². The molecule has 0 unspecified atom stereocenters. The lowest BCUT2D eigenvalue weighted by Crippen LogP contribution is -2.68. The van der Waals surface area contributed by atoms with E-state index >= 15 is 4.79 Å². The summed E-state index contributed by atoms with van der Waals surface area (Å²) in [6.07, 6.45) is -43.6. The number of fused-ring (bicyclic) bond motifs is 7. The highest BCUT2D eigenvalue weighted by Crippen LogP contribution is 2.76. The zero-order valence-electron chi connectivity index (χ0n) is 55.7. The van der Waals surface area contributed by atoms with Gasteiger partial charge in [-0.2, -0.15) is 0 Å². The molecule has 0 aromatic carbocycles. The minimum Gasteiger partial charge on any atom is -0.432 e. The van der Waals surface area contributed by atoms with Gasteiger partial charge in [0.25, 0.3) is 0 Å². The van der Waals surface area contributed by atoms with Crippen molar-refractivity contribution < 1.29 is 159 Å². The van der Waals surface area contributed by atoms with E-state index in [-0.39, 0.29) is 23.2 Å². The van der Waals surface area contributed by atoms with Crippen LogP contribution in [0.5, 0.6) is 0 Å². The third-order valence-electron chi connectivity index (χ3n) is 25.4. The monoisotopic (exact) mass is 1400 g/mol. The molecule has 558 valence electrons. The van der Waals surface area contributed by atoms with Gasteiger partial charge in [0.15, 0.2) is 31.5 Å². The predicted molar refractivity (Wildman–Crippen MR) is 322 cm³/mol. The Morgan fingerprint density at radius 3 is 1.57 bits per heavy atom. The summed E-state index contributed by atoms with van der Waals surface area (Å²) in [5, 5.41) is 206. The van der Waals surface area contributed by atoms with E-state index in [0.717, 1.165) is 5.57 Å². The number of hydrogen-bond acceptors (Lipinski definition) is 32. The number of carbonyl (C=O) groups excluding carboxylic acids is 1. The van der Waals surface area contributed by atoms with Crippen molar-refractivity contribution in [1.82, 2.24) is 0 Å². The lowest BCUT2D eigenvalue weighted by atomic mass is 9.33. The summed E-state index contributed by atoms with van der Waals surface area (Å²) in [5.41, 5.74) is -2.70. The number of hydrogen-bond donors (Lipinski definition) is 19. The topological polar surface area (TPSA) is 512 Å². The summed E-state index contributed by atoms with van der Waals surface area (Å²) >= 11 is 0. The van der Waals surface area contributed by atoms with E-state index in [1.807, 2.05) is 6.92 Å². The van der Waals surface area contributed by atoms with Crippen molar-refractivity contribution in [3.05, 3.63) is 11.6 Å². The van der Waals surface area contributed by atoms with Gasteiger partial charge in [-0.25, -0.2) is 0 Å². The molecule has 32 heteroatoms. The number of aliphatic hydroxyl groups is 19. The van der Waals surface area contributed by atoms with E-state index in [9.17, 15) is 97.0 Å². The van der Waals surface area contributed by atoms with Gasteiger partial charge in [0.2, 0.25) is 6.29 Å². The van der Waals surface area contributed by atoms with Crippen LogP contribution in [-0.2, 0) is 61.6 Å². The Hall–Kier alpha value is -1.99. The van der Waals surface area contributed by atoms with Gasteiger partial charge in [0.05, 0.1) is 57.3 Å². The van der Waals surface area contributed by atoms with Gasteiger partial charge in [0.1, 0.15) is 134 Å². The van der Waals surface area contributed by atoms with Gasteiger partial charge in [-0.05, 0) is 111 Å². The quantitative estimate of drug-likeness (QED) is 0.0366. The summed E-state index contributed by atoms with van der Waals surface area (Å²) in [5.74, 6) is -1.26. The van der Waals surface area contributed by atoms with E-state index in [2.05, 4.69) is 40.7 Å². The fraction of sp³-hybridized carbons (Fsp3) is 0.954. The summed E-state index contributed by atoms with van der Waals surface area (Å²) in [6, 6.07) is 0. The molecule has 32 nitrogen and oxygen atoms in total. The Bertz CT molecular complexity index is 2710. The Balaban J connectivity index is 0.861. The average molecular weight is 1400 g/mol. The lowest BCUT2D eigenvalue weighted by Gasteiger charge is -2.71. The summed E-state index contributed by atoms with van der Waals surface area (Å²) in [6.45, 7) is 10.5.